The number of carbonyl (C=O) groups is 1. The van der Waals surface area contributed by atoms with Crippen molar-refractivity contribution in [2.75, 3.05) is 11.9 Å². The van der Waals surface area contributed by atoms with Gasteiger partial charge in [-0.05, 0) is 54.8 Å². The first-order chi connectivity index (χ1) is 14.9. The van der Waals surface area contributed by atoms with Crippen LogP contribution in [0.2, 0.25) is 0 Å². The highest BCUT2D eigenvalue weighted by Gasteiger charge is 2.40. The molecule has 160 valence electrons. The average molecular weight is 439 g/mol. The van der Waals surface area contributed by atoms with Crippen molar-refractivity contribution in [1.29, 1.82) is 0 Å². The van der Waals surface area contributed by atoms with Crippen molar-refractivity contribution < 1.29 is 17.6 Å². The van der Waals surface area contributed by atoms with Crippen LogP contribution in [0.1, 0.15) is 24.4 Å². The SMILES string of the molecule is O=C(Nc1ccccc1)C1CCC(c2ccc(F)cc2)N(S(=O)(=O)c2ccccc2)C1. The minimum Gasteiger partial charge on any atom is -0.326 e. The number of carbonyl (C=O) groups excluding carboxylic acids is 1. The summed E-state index contributed by atoms with van der Waals surface area (Å²) in [7, 11) is -3.85. The quantitative estimate of drug-likeness (QED) is 0.633. The van der Waals surface area contributed by atoms with E-state index in [0.29, 0.717) is 24.1 Å². The van der Waals surface area contributed by atoms with E-state index in [9.17, 15) is 17.6 Å². The third kappa shape index (κ3) is 4.68. The largest absolute Gasteiger partial charge is 0.326 e. The van der Waals surface area contributed by atoms with Gasteiger partial charge in [-0.15, -0.1) is 0 Å². The number of hydrogen-bond acceptors (Lipinski definition) is 3. The smallest absolute Gasteiger partial charge is 0.243 e. The third-order valence-corrected chi connectivity index (χ3v) is 7.44. The van der Waals surface area contributed by atoms with E-state index in [0.717, 1.165) is 0 Å². The lowest BCUT2D eigenvalue weighted by atomic mass is 9.90. The van der Waals surface area contributed by atoms with E-state index in [2.05, 4.69) is 5.32 Å². The van der Waals surface area contributed by atoms with Crippen LogP contribution in [0.4, 0.5) is 10.1 Å². The van der Waals surface area contributed by atoms with Gasteiger partial charge in [0.05, 0.1) is 16.9 Å². The molecular weight excluding hydrogens is 415 g/mol. The van der Waals surface area contributed by atoms with E-state index in [1.54, 1.807) is 54.6 Å². The fourth-order valence-electron chi connectivity index (χ4n) is 3.93. The van der Waals surface area contributed by atoms with Crippen molar-refractivity contribution in [3.63, 3.8) is 0 Å². The number of benzene rings is 3. The van der Waals surface area contributed by atoms with E-state index in [-0.39, 0.29) is 23.2 Å². The normalized spacial score (nSPS) is 19.6. The summed E-state index contributed by atoms with van der Waals surface area (Å²) in [6, 6.07) is 22.7. The van der Waals surface area contributed by atoms with E-state index in [4.69, 9.17) is 0 Å². The molecule has 2 atom stereocenters. The first kappa shape index (κ1) is 21.2. The Balaban J connectivity index is 1.64. The Bertz CT molecular complexity index is 1140. The zero-order chi connectivity index (χ0) is 21.8. The maximum absolute atomic E-state index is 13.5. The molecule has 1 saturated heterocycles. The van der Waals surface area contributed by atoms with Crippen molar-refractivity contribution in [1.82, 2.24) is 4.31 Å². The van der Waals surface area contributed by atoms with Gasteiger partial charge in [0, 0.05) is 12.2 Å². The number of hydrogen-bond donors (Lipinski definition) is 1. The van der Waals surface area contributed by atoms with E-state index < -0.39 is 22.0 Å². The topological polar surface area (TPSA) is 66.5 Å². The van der Waals surface area contributed by atoms with Gasteiger partial charge < -0.3 is 5.32 Å². The number of sulfonamides is 1. The summed E-state index contributed by atoms with van der Waals surface area (Å²) < 4.78 is 41.8. The Labute approximate surface area is 181 Å². The molecule has 0 aromatic heterocycles. The van der Waals surface area contributed by atoms with Crippen LogP contribution in [0.15, 0.2) is 89.8 Å². The van der Waals surface area contributed by atoms with Crippen molar-refractivity contribution in [3.8, 4) is 0 Å². The number of anilines is 1. The van der Waals surface area contributed by atoms with Gasteiger partial charge in [0.2, 0.25) is 15.9 Å². The van der Waals surface area contributed by atoms with Gasteiger partial charge in [-0.25, -0.2) is 12.8 Å². The van der Waals surface area contributed by atoms with E-state index >= 15 is 0 Å². The predicted octanol–water partition coefficient (Wildman–Crippen LogP) is 4.61. The van der Waals surface area contributed by atoms with Crippen LogP contribution in [-0.2, 0) is 14.8 Å². The highest BCUT2D eigenvalue weighted by Crippen LogP contribution is 2.38. The Hall–Kier alpha value is -3.03. The van der Waals surface area contributed by atoms with E-state index in [1.807, 2.05) is 18.2 Å². The molecule has 0 saturated carbocycles. The lowest BCUT2D eigenvalue weighted by Crippen LogP contribution is -2.45. The minimum absolute atomic E-state index is 0.0535. The van der Waals surface area contributed by atoms with Gasteiger partial charge in [-0.1, -0.05) is 48.5 Å². The molecule has 5 nitrogen and oxygen atoms in total. The monoisotopic (exact) mass is 438 g/mol. The van der Waals surface area contributed by atoms with Gasteiger partial charge >= 0.3 is 0 Å². The molecule has 3 aromatic carbocycles. The molecule has 7 heteroatoms. The summed E-state index contributed by atoms with van der Waals surface area (Å²) in [6.45, 7) is 0.0535. The summed E-state index contributed by atoms with van der Waals surface area (Å²) in [5, 5.41) is 2.88. The van der Waals surface area contributed by atoms with Gasteiger partial charge in [0.15, 0.2) is 0 Å². The molecule has 1 fully saturated rings. The molecule has 4 rings (SSSR count). The number of amides is 1. The molecule has 1 N–H and O–H groups in total. The fourth-order valence-corrected chi connectivity index (χ4v) is 5.64. The standard InChI is InChI=1S/C24H23FN2O3S/c25-20-14-11-18(12-15-20)23-16-13-19(24(28)26-21-7-3-1-4-8-21)17-27(23)31(29,30)22-9-5-2-6-10-22/h1-12,14-15,19,23H,13,16-17H2,(H,26,28). The first-order valence-corrected chi connectivity index (χ1v) is 11.6. The molecule has 0 aliphatic carbocycles. The van der Waals surface area contributed by atoms with Crippen molar-refractivity contribution in [3.05, 3.63) is 96.3 Å². The second kappa shape index (κ2) is 8.99. The number of para-hydroxylation sites is 1. The zero-order valence-electron chi connectivity index (χ0n) is 16.8. The van der Waals surface area contributed by atoms with Gasteiger partial charge in [0.1, 0.15) is 5.82 Å². The van der Waals surface area contributed by atoms with Crippen LogP contribution in [0.3, 0.4) is 0 Å². The molecule has 3 aromatic rings. The second-order valence-corrected chi connectivity index (χ2v) is 9.48. The molecule has 1 heterocycles. The Kier molecular flexibility index (Phi) is 6.15. The molecule has 0 spiro atoms. The predicted molar refractivity (Wildman–Crippen MR) is 117 cm³/mol. The molecule has 1 aliphatic heterocycles. The van der Waals surface area contributed by atoms with Gasteiger partial charge in [-0.2, -0.15) is 4.31 Å². The zero-order valence-corrected chi connectivity index (χ0v) is 17.6. The van der Waals surface area contributed by atoms with Crippen molar-refractivity contribution >= 4 is 21.6 Å². The fraction of sp³-hybridized carbons (Fsp3) is 0.208. The summed E-state index contributed by atoms with van der Waals surface area (Å²) >= 11 is 0. The third-order valence-electron chi connectivity index (χ3n) is 5.55. The maximum Gasteiger partial charge on any atom is 0.243 e. The lowest BCUT2D eigenvalue weighted by Gasteiger charge is -2.38. The molecule has 1 amide bonds. The number of rotatable bonds is 5. The van der Waals surface area contributed by atoms with Gasteiger partial charge in [-0.3, -0.25) is 4.79 Å². The molecule has 31 heavy (non-hydrogen) atoms. The summed E-state index contributed by atoms with van der Waals surface area (Å²) in [4.78, 5) is 13.1. The second-order valence-electron chi connectivity index (χ2n) is 7.58. The van der Waals surface area contributed by atoms with Crippen LogP contribution in [0, 0.1) is 11.7 Å². The van der Waals surface area contributed by atoms with Crippen LogP contribution in [0.5, 0.6) is 0 Å². The average Bonchev–Trinajstić information content (AvgIpc) is 2.80. The molecule has 0 radical (unpaired) electrons. The lowest BCUT2D eigenvalue weighted by molar-refractivity contribution is -0.121. The van der Waals surface area contributed by atoms with Gasteiger partial charge in [0.25, 0.3) is 0 Å². The van der Waals surface area contributed by atoms with Crippen LogP contribution in [0.25, 0.3) is 0 Å². The summed E-state index contributed by atoms with van der Waals surface area (Å²) in [5.74, 6) is -1.08. The van der Waals surface area contributed by atoms with Crippen LogP contribution in [-0.4, -0.2) is 25.2 Å². The number of halogens is 1. The number of nitrogens with zero attached hydrogens (tertiary/aromatic N) is 1. The number of nitrogens with one attached hydrogen (secondary N) is 1. The first-order valence-electron chi connectivity index (χ1n) is 10.1. The Morgan fingerprint density at radius 3 is 2.13 bits per heavy atom. The maximum atomic E-state index is 13.5. The molecule has 1 aliphatic rings. The van der Waals surface area contributed by atoms with E-state index in [1.165, 1.54) is 16.4 Å². The summed E-state index contributed by atoms with van der Waals surface area (Å²) in [5.41, 5.74) is 1.38. The molecular formula is C24H23FN2O3S. The van der Waals surface area contributed by atoms with Crippen molar-refractivity contribution in [2.45, 2.75) is 23.8 Å². The Morgan fingerprint density at radius 1 is 0.871 bits per heavy atom. The molecule has 2 unspecified atom stereocenters. The minimum atomic E-state index is -3.85. The van der Waals surface area contributed by atoms with Crippen LogP contribution < -0.4 is 5.32 Å². The Morgan fingerprint density at radius 2 is 1.48 bits per heavy atom. The van der Waals surface area contributed by atoms with Crippen molar-refractivity contribution in [2.24, 2.45) is 5.92 Å². The highest BCUT2D eigenvalue weighted by molar-refractivity contribution is 7.89. The van der Waals surface area contributed by atoms with Crippen LogP contribution >= 0.6 is 0 Å². The number of piperidine rings is 1. The molecule has 0 bridgehead atoms. The highest BCUT2D eigenvalue weighted by atomic mass is 32.2. The summed E-state index contributed by atoms with van der Waals surface area (Å²) in [6.07, 6.45) is 0.992.